The molecule has 3 rings (SSSR count). The third-order valence-corrected chi connectivity index (χ3v) is 5.28. The van der Waals surface area contributed by atoms with Crippen LogP contribution in [0.2, 0.25) is 0 Å². The van der Waals surface area contributed by atoms with Crippen molar-refractivity contribution in [1.82, 2.24) is 10.0 Å². The Labute approximate surface area is 139 Å². The Bertz CT molecular complexity index is 699. The van der Waals surface area contributed by atoms with Crippen molar-refractivity contribution in [2.24, 2.45) is 0 Å². The zero-order chi connectivity index (χ0) is 15.9. The summed E-state index contributed by atoms with van der Waals surface area (Å²) in [6.45, 7) is 1.04. The fraction of sp³-hybridized carbons (Fsp3) is 0.462. The number of anilines is 1. The Morgan fingerprint density at radius 3 is 2.61 bits per heavy atom. The highest BCUT2D eigenvalue weighted by Gasteiger charge is 2.37. The van der Waals surface area contributed by atoms with Crippen LogP contribution in [0.3, 0.4) is 0 Å². The maximum atomic E-state index is 14.4. The second-order valence-corrected chi connectivity index (χ2v) is 7.05. The molecule has 23 heavy (non-hydrogen) atoms. The molecule has 2 saturated heterocycles. The van der Waals surface area contributed by atoms with Gasteiger partial charge in [0, 0.05) is 6.54 Å². The summed E-state index contributed by atoms with van der Waals surface area (Å²) < 4.78 is 40.2. The van der Waals surface area contributed by atoms with Gasteiger partial charge in [-0.2, -0.15) is 8.42 Å². The molecule has 1 aromatic carbocycles. The standard InChI is InChI=1S/C13H16FN3O4S.ClH/c14-10-4-9(8-2-1-3-15-6-8)5-11(18)13(10)17-7-12(19)16-22(17,20)21;/h4-5,8,15,18H,1-3,6-7H2,(H,16,19);1H. The summed E-state index contributed by atoms with van der Waals surface area (Å²) in [6, 6.07) is 2.60. The Morgan fingerprint density at radius 2 is 2.09 bits per heavy atom. The third kappa shape index (κ3) is 3.36. The summed E-state index contributed by atoms with van der Waals surface area (Å²) in [6.07, 6.45) is 1.82. The molecule has 1 unspecified atom stereocenters. The van der Waals surface area contributed by atoms with Crippen molar-refractivity contribution >= 4 is 34.2 Å². The molecule has 128 valence electrons. The molecule has 0 radical (unpaired) electrons. The number of piperidine rings is 1. The highest BCUT2D eigenvalue weighted by atomic mass is 35.5. The topological polar surface area (TPSA) is 98.7 Å². The first-order chi connectivity index (χ1) is 10.4. The summed E-state index contributed by atoms with van der Waals surface area (Å²) in [5.74, 6) is -2.04. The van der Waals surface area contributed by atoms with E-state index in [1.807, 2.05) is 0 Å². The molecule has 2 aliphatic rings. The highest BCUT2D eigenvalue weighted by molar-refractivity contribution is 7.92. The number of benzene rings is 1. The van der Waals surface area contributed by atoms with E-state index >= 15 is 0 Å². The summed E-state index contributed by atoms with van der Waals surface area (Å²) in [4.78, 5) is 11.2. The average molecular weight is 366 g/mol. The molecule has 0 bridgehead atoms. The molecule has 2 fully saturated rings. The highest BCUT2D eigenvalue weighted by Crippen LogP contribution is 2.37. The number of hydrogen-bond donors (Lipinski definition) is 3. The number of carbonyl (C=O) groups is 1. The van der Waals surface area contributed by atoms with Gasteiger partial charge in [-0.1, -0.05) is 0 Å². The van der Waals surface area contributed by atoms with Crippen LogP contribution in [0.1, 0.15) is 24.3 Å². The molecule has 0 aromatic heterocycles. The van der Waals surface area contributed by atoms with Gasteiger partial charge in [0.05, 0.1) is 0 Å². The number of phenols is 1. The zero-order valence-electron chi connectivity index (χ0n) is 12.1. The van der Waals surface area contributed by atoms with Crippen LogP contribution >= 0.6 is 12.4 Å². The fourth-order valence-electron chi connectivity index (χ4n) is 2.87. The maximum absolute atomic E-state index is 14.4. The van der Waals surface area contributed by atoms with E-state index in [2.05, 4.69) is 5.32 Å². The Kier molecular flexibility index (Phi) is 5.02. The van der Waals surface area contributed by atoms with Crippen molar-refractivity contribution in [1.29, 1.82) is 0 Å². The zero-order valence-corrected chi connectivity index (χ0v) is 13.7. The minimum Gasteiger partial charge on any atom is -0.506 e. The largest absolute Gasteiger partial charge is 0.506 e. The van der Waals surface area contributed by atoms with Crippen LogP contribution in [0.15, 0.2) is 12.1 Å². The second kappa shape index (κ2) is 6.50. The number of carbonyl (C=O) groups excluding carboxylic acids is 1. The molecular formula is C13H17ClFN3O4S. The van der Waals surface area contributed by atoms with E-state index in [1.54, 1.807) is 4.72 Å². The van der Waals surface area contributed by atoms with E-state index in [-0.39, 0.29) is 18.3 Å². The summed E-state index contributed by atoms with van der Waals surface area (Å²) >= 11 is 0. The van der Waals surface area contributed by atoms with Gasteiger partial charge in [0.15, 0.2) is 5.82 Å². The molecule has 1 aromatic rings. The van der Waals surface area contributed by atoms with Gasteiger partial charge in [-0.3, -0.25) is 4.79 Å². The van der Waals surface area contributed by atoms with Gasteiger partial charge in [0.2, 0.25) is 0 Å². The molecule has 0 aliphatic carbocycles. The van der Waals surface area contributed by atoms with E-state index in [0.29, 0.717) is 16.4 Å². The monoisotopic (exact) mass is 365 g/mol. The normalized spacial score (nSPS) is 23.3. The lowest BCUT2D eigenvalue weighted by Gasteiger charge is -2.24. The van der Waals surface area contributed by atoms with Crippen molar-refractivity contribution in [3.63, 3.8) is 0 Å². The second-order valence-electron chi connectivity index (χ2n) is 5.45. The number of nitrogens with one attached hydrogen (secondary N) is 2. The summed E-state index contributed by atoms with van der Waals surface area (Å²) in [5, 5.41) is 13.3. The smallest absolute Gasteiger partial charge is 0.326 e. The quantitative estimate of drug-likeness (QED) is 0.713. The van der Waals surface area contributed by atoms with Crippen molar-refractivity contribution in [2.75, 3.05) is 23.9 Å². The minimum absolute atomic E-state index is 0. The molecule has 0 saturated carbocycles. The van der Waals surface area contributed by atoms with Crippen molar-refractivity contribution in [2.45, 2.75) is 18.8 Å². The Morgan fingerprint density at radius 1 is 1.35 bits per heavy atom. The van der Waals surface area contributed by atoms with Crippen LogP contribution in [0.5, 0.6) is 5.75 Å². The van der Waals surface area contributed by atoms with Gasteiger partial charge < -0.3 is 10.4 Å². The van der Waals surface area contributed by atoms with Crippen LogP contribution < -0.4 is 14.3 Å². The van der Waals surface area contributed by atoms with Gasteiger partial charge in [0.1, 0.15) is 18.0 Å². The van der Waals surface area contributed by atoms with Crippen molar-refractivity contribution in [3.8, 4) is 5.75 Å². The van der Waals surface area contributed by atoms with Crippen LogP contribution in [0.25, 0.3) is 0 Å². The van der Waals surface area contributed by atoms with E-state index in [0.717, 1.165) is 19.4 Å². The fourth-order valence-corrected chi connectivity index (χ4v) is 4.04. The van der Waals surface area contributed by atoms with Gasteiger partial charge in [-0.25, -0.2) is 13.4 Å². The summed E-state index contributed by atoms with van der Waals surface area (Å²) in [7, 11) is -4.15. The van der Waals surface area contributed by atoms with Gasteiger partial charge in [-0.05, 0) is 43.0 Å². The van der Waals surface area contributed by atoms with Crippen molar-refractivity contribution < 1.29 is 22.7 Å². The van der Waals surface area contributed by atoms with Crippen LogP contribution in [-0.4, -0.2) is 39.1 Å². The van der Waals surface area contributed by atoms with Gasteiger partial charge in [-0.15, -0.1) is 12.4 Å². The lowest BCUT2D eigenvalue weighted by Crippen LogP contribution is -2.31. The number of phenolic OH excluding ortho intramolecular Hbond substituents is 1. The summed E-state index contributed by atoms with van der Waals surface area (Å²) in [5.41, 5.74) is 0.118. The number of amides is 1. The molecule has 2 aliphatic heterocycles. The Hall–Kier alpha value is -1.58. The molecule has 1 atom stereocenters. The van der Waals surface area contributed by atoms with Gasteiger partial charge >= 0.3 is 10.2 Å². The Balaban J connectivity index is 0.00000192. The maximum Gasteiger partial charge on any atom is 0.326 e. The first-order valence-corrected chi connectivity index (χ1v) is 8.39. The first kappa shape index (κ1) is 17.8. The minimum atomic E-state index is -4.15. The molecule has 1 amide bonds. The van der Waals surface area contributed by atoms with Crippen LogP contribution in [0.4, 0.5) is 10.1 Å². The molecule has 2 heterocycles. The molecule has 7 nitrogen and oxygen atoms in total. The van der Waals surface area contributed by atoms with E-state index in [4.69, 9.17) is 0 Å². The SMILES string of the molecule is Cl.O=C1CN(c2c(O)cc(C3CCCNC3)cc2F)S(=O)(=O)N1. The van der Waals surface area contributed by atoms with E-state index in [1.165, 1.54) is 12.1 Å². The molecule has 3 N–H and O–H groups in total. The lowest BCUT2D eigenvalue weighted by atomic mass is 9.91. The van der Waals surface area contributed by atoms with Crippen LogP contribution in [0, 0.1) is 5.82 Å². The molecule has 10 heteroatoms. The van der Waals surface area contributed by atoms with E-state index in [9.17, 15) is 22.7 Å². The van der Waals surface area contributed by atoms with Crippen LogP contribution in [-0.2, 0) is 15.0 Å². The van der Waals surface area contributed by atoms with E-state index < -0.39 is 39.9 Å². The predicted molar refractivity (Wildman–Crippen MR) is 84.6 cm³/mol. The number of aromatic hydroxyl groups is 1. The lowest BCUT2D eigenvalue weighted by molar-refractivity contribution is -0.117. The van der Waals surface area contributed by atoms with Crippen molar-refractivity contribution in [3.05, 3.63) is 23.5 Å². The first-order valence-electron chi connectivity index (χ1n) is 6.95. The average Bonchev–Trinajstić information content (AvgIpc) is 2.72. The predicted octanol–water partition coefficient (Wildman–Crippen LogP) is 0.601. The molecule has 0 spiro atoms. The number of halogens is 2. The third-order valence-electron chi connectivity index (χ3n) is 3.90. The van der Waals surface area contributed by atoms with Gasteiger partial charge in [0.25, 0.3) is 5.91 Å². The number of rotatable bonds is 2. The molecular weight excluding hydrogens is 349 g/mol. The number of hydrogen-bond acceptors (Lipinski definition) is 5. The number of nitrogens with zero attached hydrogens (tertiary/aromatic N) is 1.